The van der Waals surface area contributed by atoms with E-state index in [0.717, 1.165) is 30.6 Å². The summed E-state index contributed by atoms with van der Waals surface area (Å²) in [5, 5.41) is 5.04. The summed E-state index contributed by atoms with van der Waals surface area (Å²) in [5.74, 6) is -0.0797. The number of piperazine rings is 1. The van der Waals surface area contributed by atoms with Crippen molar-refractivity contribution >= 4 is 29.2 Å². The van der Waals surface area contributed by atoms with Crippen LogP contribution in [0.1, 0.15) is 56.7 Å². The Kier molecular flexibility index (Phi) is 8.67. The molecule has 5 rings (SSSR count). The molecule has 3 fully saturated rings. The number of nitrogens with one attached hydrogen (secondary N) is 1. The zero-order chi connectivity index (χ0) is 25.8. The molecule has 10 heteroatoms. The first-order chi connectivity index (χ1) is 18.0. The number of aliphatic imine (C=N–C) groups is 1. The van der Waals surface area contributed by atoms with E-state index in [-0.39, 0.29) is 23.8 Å². The maximum Gasteiger partial charge on any atom is 0.287 e. The zero-order valence-electron chi connectivity index (χ0n) is 22.0. The molecule has 2 amide bonds. The summed E-state index contributed by atoms with van der Waals surface area (Å²) in [5.41, 5.74) is 6.64. The van der Waals surface area contributed by atoms with Crippen LogP contribution in [0.4, 0.5) is 0 Å². The highest BCUT2D eigenvalue weighted by Crippen LogP contribution is 2.31. The van der Waals surface area contributed by atoms with Gasteiger partial charge < -0.3 is 30.5 Å². The molecule has 3 atom stereocenters. The number of amides is 2. The number of nitrogens with zero attached hydrogens (tertiary/aromatic N) is 4. The van der Waals surface area contributed by atoms with Gasteiger partial charge in [0.2, 0.25) is 11.8 Å². The van der Waals surface area contributed by atoms with Gasteiger partial charge in [-0.3, -0.25) is 9.59 Å². The Morgan fingerprint density at radius 2 is 1.95 bits per heavy atom. The molecule has 4 aliphatic rings. The number of thiophene rings is 1. The second-order valence-corrected chi connectivity index (χ2v) is 12.1. The second-order valence-electron chi connectivity index (χ2n) is 11.1. The molecular weight excluding hydrogens is 488 g/mol. The van der Waals surface area contributed by atoms with Crippen LogP contribution in [0.3, 0.4) is 0 Å². The summed E-state index contributed by atoms with van der Waals surface area (Å²) >= 11 is 1.61. The van der Waals surface area contributed by atoms with Crippen molar-refractivity contribution in [3.8, 4) is 0 Å². The van der Waals surface area contributed by atoms with Gasteiger partial charge in [0, 0.05) is 24.0 Å². The number of hydrogen-bond donors (Lipinski definition) is 2. The third kappa shape index (κ3) is 6.29. The van der Waals surface area contributed by atoms with Crippen molar-refractivity contribution in [1.29, 1.82) is 0 Å². The SMILES string of the molecule is C[C@H]1COC(N2CCN(C(=O)[C@H](N)[C@H]3CC[C@H](N4CCCCC4)CC3)[C@H](C(=O)NCc3cccs3)C2)=N1. The average Bonchev–Trinajstić information content (AvgIpc) is 3.63. The van der Waals surface area contributed by atoms with E-state index >= 15 is 0 Å². The molecule has 4 heterocycles. The van der Waals surface area contributed by atoms with E-state index in [1.54, 1.807) is 16.2 Å². The summed E-state index contributed by atoms with van der Waals surface area (Å²) in [4.78, 5) is 39.2. The fourth-order valence-corrected chi connectivity index (χ4v) is 6.93. The molecule has 1 aliphatic carbocycles. The topological polar surface area (TPSA) is 104 Å². The quantitative estimate of drug-likeness (QED) is 0.583. The predicted molar refractivity (Wildman–Crippen MR) is 145 cm³/mol. The Morgan fingerprint density at radius 1 is 1.16 bits per heavy atom. The Balaban J connectivity index is 1.22. The second kappa shape index (κ2) is 12.1. The number of ether oxygens (including phenoxy) is 1. The maximum absolute atomic E-state index is 13.7. The highest BCUT2D eigenvalue weighted by Gasteiger charge is 2.41. The first kappa shape index (κ1) is 26.4. The zero-order valence-corrected chi connectivity index (χ0v) is 22.8. The number of piperidine rings is 1. The van der Waals surface area contributed by atoms with Crippen molar-refractivity contribution in [2.45, 2.75) is 82.6 Å². The van der Waals surface area contributed by atoms with Gasteiger partial charge >= 0.3 is 0 Å². The Morgan fingerprint density at radius 3 is 2.62 bits per heavy atom. The lowest BCUT2D eigenvalue weighted by molar-refractivity contribution is -0.145. The van der Waals surface area contributed by atoms with Gasteiger partial charge in [-0.2, -0.15) is 0 Å². The highest BCUT2D eigenvalue weighted by molar-refractivity contribution is 7.09. The minimum Gasteiger partial charge on any atom is -0.463 e. The van der Waals surface area contributed by atoms with Crippen LogP contribution in [0.25, 0.3) is 0 Å². The van der Waals surface area contributed by atoms with Gasteiger partial charge in [0.05, 0.1) is 25.2 Å². The molecule has 1 aromatic heterocycles. The maximum atomic E-state index is 13.7. The summed E-state index contributed by atoms with van der Waals surface area (Å²) < 4.78 is 5.76. The van der Waals surface area contributed by atoms with Crippen molar-refractivity contribution in [3.63, 3.8) is 0 Å². The van der Waals surface area contributed by atoms with Gasteiger partial charge in [-0.25, -0.2) is 4.99 Å². The summed E-state index contributed by atoms with van der Waals surface area (Å²) in [6, 6.07) is 4.10. The smallest absolute Gasteiger partial charge is 0.287 e. The summed E-state index contributed by atoms with van der Waals surface area (Å²) in [6.45, 7) is 6.81. The molecule has 2 saturated heterocycles. The lowest BCUT2D eigenvalue weighted by Gasteiger charge is -2.43. The molecule has 3 aliphatic heterocycles. The molecule has 37 heavy (non-hydrogen) atoms. The van der Waals surface area contributed by atoms with Gasteiger partial charge in [-0.05, 0) is 75.9 Å². The van der Waals surface area contributed by atoms with Crippen LogP contribution in [-0.2, 0) is 20.9 Å². The van der Waals surface area contributed by atoms with Crippen molar-refractivity contribution < 1.29 is 14.3 Å². The van der Waals surface area contributed by atoms with E-state index < -0.39 is 12.1 Å². The molecule has 0 bridgehead atoms. The Hall–Kier alpha value is -2.17. The van der Waals surface area contributed by atoms with Crippen LogP contribution in [0, 0.1) is 5.92 Å². The fraction of sp³-hybridized carbons (Fsp3) is 0.741. The molecule has 3 N–H and O–H groups in total. The van der Waals surface area contributed by atoms with E-state index in [1.807, 2.05) is 29.3 Å². The third-order valence-corrected chi connectivity index (χ3v) is 9.36. The largest absolute Gasteiger partial charge is 0.463 e. The number of amidine groups is 1. The van der Waals surface area contributed by atoms with Crippen LogP contribution in [0.15, 0.2) is 22.5 Å². The van der Waals surface area contributed by atoms with Crippen molar-refractivity contribution in [3.05, 3.63) is 22.4 Å². The van der Waals surface area contributed by atoms with Crippen LogP contribution in [-0.4, -0.2) is 96.0 Å². The number of carbonyl (C=O) groups is 2. The standard InChI is InChI=1S/C27H42N6O3S/c1-19-18-36-27(30-19)32-13-14-33(23(17-32)25(34)29-16-22-6-5-15-37-22)26(35)24(28)20-7-9-21(10-8-20)31-11-3-2-4-12-31/h5-6,15,19-21,23-24H,2-4,7-14,16-18,28H2,1H3,(H,29,34)/t19-,20-,21-,23-,24+/m0/s1. The molecule has 0 radical (unpaired) electrons. The predicted octanol–water partition coefficient (Wildman–Crippen LogP) is 2.02. The monoisotopic (exact) mass is 530 g/mol. The van der Waals surface area contributed by atoms with Gasteiger partial charge in [-0.1, -0.05) is 12.5 Å². The highest BCUT2D eigenvalue weighted by atomic mass is 32.1. The molecule has 0 spiro atoms. The van der Waals surface area contributed by atoms with Crippen LogP contribution in [0.2, 0.25) is 0 Å². The molecule has 204 valence electrons. The summed E-state index contributed by atoms with van der Waals surface area (Å²) in [7, 11) is 0. The first-order valence-corrected chi connectivity index (χ1v) is 14.9. The van der Waals surface area contributed by atoms with E-state index in [4.69, 9.17) is 10.5 Å². The normalized spacial score (nSPS) is 29.9. The van der Waals surface area contributed by atoms with Crippen molar-refractivity contribution in [2.75, 3.05) is 39.3 Å². The number of carbonyl (C=O) groups excluding carboxylic acids is 2. The Bertz CT molecular complexity index is 942. The molecule has 1 aromatic rings. The van der Waals surface area contributed by atoms with Crippen LogP contribution < -0.4 is 11.1 Å². The molecular formula is C27H42N6O3S. The van der Waals surface area contributed by atoms with Crippen molar-refractivity contribution in [1.82, 2.24) is 20.0 Å². The molecule has 0 unspecified atom stereocenters. The van der Waals surface area contributed by atoms with E-state index in [2.05, 4.69) is 15.2 Å². The minimum absolute atomic E-state index is 0.0972. The van der Waals surface area contributed by atoms with E-state index in [1.165, 1.54) is 32.4 Å². The molecule has 9 nitrogen and oxygen atoms in total. The molecule has 0 aromatic carbocycles. The van der Waals surface area contributed by atoms with Gasteiger partial charge in [0.25, 0.3) is 6.02 Å². The first-order valence-electron chi connectivity index (χ1n) is 14.1. The lowest BCUT2D eigenvalue weighted by Crippen LogP contribution is -2.64. The van der Waals surface area contributed by atoms with Gasteiger partial charge in [0.1, 0.15) is 12.6 Å². The average molecular weight is 531 g/mol. The van der Waals surface area contributed by atoms with Crippen LogP contribution in [0.5, 0.6) is 0 Å². The molecule has 1 saturated carbocycles. The number of nitrogens with two attached hydrogens (primary N) is 1. The number of hydrogen-bond acceptors (Lipinski definition) is 8. The van der Waals surface area contributed by atoms with Gasteiger partial charge in [-0.15, -0.1) is 11.3 Å². The van der Waals surface area contributed by atoms with Crippen molar-refractivity contribution in [2.24, 2.45) is 16.6 Å². The van der Waals surface area contributed by atoms with E-state index in [9.17, 15) is 9.59 Å². The summed E-state index contributed by atoms with van der Waals surface area (Å²) in [6.07, 6.45) is 8.13. The fourth-order valence-electron chi connectivity index (χ4n) is 6.28. The van der Waals surface area contributed by atoms with E-state index in [0.29, 0.717) is 44.8 Å². The number of likely N-dealkylation sites (tertiary alicyclic amines) is 1. The third-order valence-electron chi connectivity index (χ3n) is 8.48. The van der Waals surface area contributed by atoms with Crippen LogP contribution >= 0.6 is 11.3 Å². The van der Waals surface area contributed by atoms with Gasteiger partial charge in [0.15, 0.2) is 0 Å². The minimum atomic E-state index is -0.626. The number of rotatable bonds is 6. The lowest BCUT2D eigenvalue weighted by atomic mass is 9.80. The Labute approximate surface area is 224 Å².